The Labute approximate surface area is 82.2 Å². The summed E-state index contributed by atoms with van der Waals surface area (Å²) in [6, 6.07) is 2.71. The Morgan fingerprint density at radius 1 is 1.50 bits per heavy atom. The van der Waals surface area contributed by atoms with Gasteiger partial charge in [0, 0.05) is 12.7 Å². The minimum Gasteiger partial charge on any atom is -0.314 e. The fourth-order valence-corrected chi connectivity index (χ4v) is 1.78. The van der Waals surface area contributed by atoms with Gasteiger partial charge in [0.05, 0.1) is 0 Å². The van der Waals surface area contributed by atoms with Crippen LogP contribution >= 0.6 is 0 Å². The lowest BCUT2D eigenvalue weighted by molar-refractivity contribution is 0.589. The predicted molar refractivity (Wildman–Crippen MR) is 52.4 cm³/mol. The summed E-state index contributed by atoms with van der Waals surface area (Å²) < 4.78 is 23.3. The van der Waals surface area contributed by atoms with Crippen LogP contribution in [0.4, 0.5) is 0 Å². The van der Waals surface area contributed by atoms with E-state index in [4.69, 9.17) is 5.14 Å². The number of pyridine rings is 1. The van der Waals surface area contributed by atoms with E-state index in [1.165, 1.54) is 16.7 Å². The molecule has 0 aromatic carbocycles. The van der Waals surface area contributed by atoms with Gasteiger partial charge in [-0.3, -0.25) is 4.79 Å². The lowest BCUT2D eigenvalue weighted by Gasteiger charge is -2.04. The number of hydrogen-bond acceptors (Lipinski definition) is 3. The van der Waals surface area contributed by atoms with Crippen LogP contribution in [0.5, 0.6) is 0 Å². The molecule has 0 saturated carbocycles. The first-order valence-corrected chi connectivity index (χ1v) is 5.73. The standard InChI is InChI=1S/C8H12N2O3S/c1-2-5-10-6-3-4-7(8(10)11)14(9,12)13/h3-4,6H,2,5H2,1H3,(H2,9,12,13). The van der Waals surface area contributed by atoms with E-state index in [0.717, 1.165) is 6.42 Å². The average Bonchev–Trinajstić information content (AvgIpc) is 2.07. The van der Waals surface area contributed by atoms with Gasteiger partial charge in [0.25, 0.3) is 5.56 Å². The summed E-state index contributed by atoms with van der Waals surface area (Å²) in [6.45, 7) is 2.39. The molecule has 0 atom stereocenters. The zero-order valence-corrected chi connectivity index (χ0v) is 8.62. The highest BCUT2D eigenvalue weighted by atomic mass is 32.2. The molecule has 2 N–H and O–H groups in total. The maximum atomic E-state index is 11.5. The molecule has 1 rings (SSSR count). The van der Waals surface area contributed by atoms with Crippen LogP contribution in [0.1, 0.15) is 13.3 Å². The Morgan fingerprint density at radius 2 is 2.14 bits per heavy atom. The monoisotopic (exact) mass is 216 g/mol. The highest BCUT2D eigenvalue weighted by Crippen LogP contribution is 1.98. The topological polar surface area (TPSA) is 82.2 Å². The van der Waals surface area contributed by atoms with Gasteiger partial charge in [-0.1, -0.05) is 6.92 Å². The summed E-state index contributed by atoms with van der Waals surface area (Å²) in [5.41, 5.74) is -0.558. The van der Waals surface area contributed by atoms with Crippen molar-refractivity contribution >= 4 is 10.0 Å². The zero-order chi connectivity index (χ0) is 10.8. The van der Waals surface area contributed by atoms with Crippen LogP contribution in [0.3, 0.4) is 0 Å². The molecule has 0 radical (unpaired) electrons. The van der Waals surface area contributed by atoms with E-state index in [2.05, 4.69) is 0 Å². The van der Waals surface area contributed by atoms with Crippen LogP contribution in [0.25, 0.3) is 0 Å². The molecular weight excluding hydrogens is 204 g/mol. The molecule has 14 heavy (non-hydrogen) atoms. The predicted octanol–water partition coefficient (Wildman–Crippen LogP) is -0.0943. The number of nitrogens with two attached hydrogens (primary N) is 1. The van der Waals surface area contributed by atoms with E-state index in [1.807, 2.05) is 6.92 Å². The quantitative estimate of drug-likeness (QED) is 0.766. The van der Waals surface area contributed by atoms with Crippen LogP contribution < -0.4 is 10.7 Å². The number of rotatable bonds is 3. The highest BCUT2D eigenvalue weighted by molar-refractivity contribution is 7.89. The van der Waals surface area contributed by atoms with E-state index in [1.54, 1.807) is 6.20 Å². The SMILES string of the molecule is CCCn1cccc(S(N)(=O)=O)c1=O. The van der Waals surface area contributed by atoms with Crippen LogP contribution in [0, 0.1) is 0 Å². The van der Waals surface area contributed by atoms with Crippen molar-refractivity contribution in [2.24, 2.45) is 5.14 Å². The summed E-state index contributed by atoms with van der Waals surface area (Å²) in [5.74, 6) is 0. The van der Waals surface area contributed by atoms with Crippen LogP contribution in [-0.4, -0.2) is 13.0 Å². The molecule has 78 valence electrons. The second kappa shape index (κ2) is 3.93. The molecular formula is C8H12N2O3S. The van der Waals surface area contributed by atoms with Crippen LogP contribution in [0.15, 0.2) is 28.0 Å². The van der Waals surface area contributed by atoms with E-state index in [-0.39, 0.29) is 4.90 Å². The van der Waals surface area contributed by atoms with Crippen molar-refractivity contribution in [3.05, 3.63) is 28.7 Å². The smallest absolute Gasteiger partial charge is 0.270 e. The Morgan fingerprint density at radius 3 is 2.64 bits per heavy atom. The Balaban J connectivity index is 3.36. The number of sulfonamides is 1. The molecule has 0 aliphatic rings. The average molecular weight is 216 g/mol. The lowest BCUT2D eigenvalue weighted by atomic mass is 10.4. The van der Waals surface area contributed by atoms with Crippen LogP contribution in [0.2, 0.25) is 0 Å². The molecule has 0 aliphatic carbocycles. The lowest BCUT2D eigenvalue weighted by Crippen LogP contribution is -2.28. The zero-order valence-electron chi connectivity index (χ0n) is 7.80. The third kappa shape index (κ3) is 2.21. The maximum absolute atomic E-state index is 11.5. The first-order valence-electron chi connectivity index (χ1n) is 4.19. The first kappa shape index (κ1) is 10.9. The Bertz CT molecular complexity index is 476. The second-order valence-electron chi connectivity index (χ2n) is 2.92. The van der Waals surface area contributed by atoms with Crippen molar-refractivity contribution in [1.29, 1.82) is 0 Å². The van der Waals surface area contributed by atoms with Crippen molar-refractivity contribution in [2.45, 2.75) is 24.8 Å². The molecule has 0 unspecified atom stereocenters. The third-order valence-corrected chi connectivity index (χ3v) is 2.68. The molecule has 1 heterocycles. The van der Waals surface area contributed by atoms with Gasteiger partial charge in [-0.2, -0.15) is 0 Å². The van der Waals surface area contributed by atoms with Crippen molar-refractivity contribution in [3.63, 3.8) is 0 Å². The summed E-state index contributed by atoms with van der Waals surface area (Å²) in [4.78, 5) is 11.2. The summed E-state index contributed by atoms with van der Waals surface area (Å²) in [7, 11) is -3.91. The number of aromatic nitrogens is 1. The van der Waals surface area contributed by atoms with E-state index in [0.29, 0.717) is 6.54 Å². The van der Waals surface area contributed by atoms with Crippen molar-refractivity contribution in [2.75, 3.05) is 0 Å². The van der Waals surface area contributed by atoms with Crippen molar-refractivity contribution < 1.29 is 8.42 Å². The van der Waals surface area contributed by atoms with E-state index >= 15 is 0 Å². The van der Waals surface area contributed by atoms with Gasteiger partial charge < -0.3 is 4.57 Å². The molecule has 1 aromatic heterocycles. The highest BCUT2D eigenvalue weighted by Gasteiger charge is 2.13. The third-order valence-electron chi connectivity index (χ3n) is 1.76. The molecule has 6 heteroatoms. The van der Waals surface area contributed by atoms with Gasteiger partial charge in [0.15, 0.2) is 0 Å². The van der Waals surface area contributed by atoms with E-state index < -0.39 is 15.6 Å². The van der Waals surface area contributed by atoms with Crippen molar-refractivity contribution in [1.82, 2.24) is 4.57 Å². The summed E-state index contributed by atoms with van der Waals surface area (Å²) in [6.07, 6.45) is 2.30. The van der Waals surface area contributed by atoms with Gasteiger partial charge >= 0.3 is 0 Å². The maximum Gasteiger partial charge on any atom is 0.270 e. The first-order chi connectivity index (χ1) is 6.46. The molecule has 1 aromatic rings. The van der Waals surface area contributed by atoms with Gasteiger partial charge in [0.2, 0.25) is 10.0 Å². The Hall–Kier alpha value is -1.14. The number of primary sulfonamides is 1. The van der Waals surface area contributed by atoms with Gasteiger partial charge in [-0.15, -0.1) is 0 Å². The van der Waals surface area contributed by atoms with Gasteiger partial charge in [-0.05, 0) is 18.6 Å². The largest absolute Gasteiger partial charge is 0.314 e. The molecule has 0 spiro atoms. The molecule has 0 bridgehead atoms. The molecule has 0 amide bonds. The molecule has 0 aliphatic heterocycles. The fourth-order valence-electron chi connectivity index (χ4n) is 1.15. The fraction of sp³-hybridized carbons (Fsp3) is 0.375. The van der Waals surface area contributed by atoms with Crippen molar-refractivity contribution in [3.8, 4) is 0 Å². The number of aryl methyl sites for hydroxylation is 1. The number of hydrogen-bond donors (Lipinski definition) is 1. The molecule has 5 nitrogen and oxygen atoms in total. The minimum atomic E-state index is -3.91. The van der Waals surface area contributed by atoms with Crippen LogP contribution in [-0.2, 0) is 16.6 Å². The van der Waals surface area contributed by atoms with E-state index in [9.17, 15) is 13.2 Å². The molecule has 0 fully saturated rings. The molecule has 0 saturated heterocycles. The Kier molecular flexibility index (Phi) is 3.07. The summed E-state index contributed by atoms with van der Waals surface area (Å²) >= 11 is 0. The normalized spacial score (nSPS) is 11.6. The van der Waals surface area contributed by atoms with Gasteiger partial charge in [0.1, 0.15) is 4.90 Å². The number of nitrogens with zero attached hydrogens (tertiary/aromatic N) is 1. The second-order valence-corrected chi connectivity index (χ2v) is 4.45. The minimum absolute atomic E-state index is 0.353. The van der Waals surface area contributed by atoms with Gasteiger partial charge in [-0.25, -0.2) is 13.6 Å². The summed E-state index contributed by atoms with van der Waals surface area (Å²) in [5, 5.41) is 4.88.